The van der Waals surface area contributed by atoms with Crippen molar-refractivity contribution in [3.05, 3.63) is 28.2 Å². The first-order valence-electron chi connectivity index (χ1n) is 7.03. The van der Waals surface area contributed by atoms with Crippen LogP contribution in [0.3, 0.4) is 0 Å². The monoisotopic (exact) mass is 349 g/mol. The van der Waals surface area contributed by atoms with Crippen LogP contribution in [0.4, 0.5) is 5.69 Å². The lowest BCUT2D eigenvalue weighted by molar-refractivity contribution is -0.124. The van der Waals surface area contributed by atoms with Crippen LogP contribution in [0.5, 0.6) is 0 Å². The van der Waals surface area contributed by atoms with Crippen molar-refractivity contribution in [2.24, 2.45) is 0 Å². The van der Waals surface area contributed by atoms with Crippen LogP contribution in [0.25, 0.3) is 0 Å². The van der Waals surface area contributed by atoms with Crippen molar-refractivity contribution >= 4 is 27.5 Å². The number of nitriles is 1. The minimum Gasteiger partial charge on any atom is -0.377 e. The molecule has 1 saturated carbocycles. The van der Waals surface area contributed by atoms with Crippen LogP contribution in [-0.2, 0) is 9.53 Å². The molecular formula is C15H16BrN3O2. The molecule has 2 fully saturated rings. The Morgan fingerprint density at radius 2 is 2.29 bits per heavy atom. The number of nitrogens with one attached hydrogen (secondary N) is 1. The predicted octanol–water partition coefficient (Wildman–Crippen LogP) is 1.80. The maximum Gasteiger partial charge on any atom is 0.245 e. The molecule has 1 saturated heterocycles. The van der Waals surface area contributed by atoms with E-state index in [2.05, 4.69) is 27.3 Å². The van der Waals surface area contributed by atoms with E-state index in [9.17, 15) is 4.79 Å². The van der Waals surface area contributed by atoms with Crippen molar-refractivity contribution in [1.82, 2.24) is 5.32 Å². The zero-order chi connectivity index (χ0) is 14.8. The molecule has 6 heteroatoms. The summed E-state index contributed by atoms with van der Waals surface area (Å²) in [6.45, 7) is 1.65. The molecule has 3 rings (SSSR count). The number of rotatable bonds is 3. The number of halogens is 1. The van der Waals surface area contributed by atoms with Gasteiger partial charge >= 0.3 is 0 Å². The van der Waals surface area contributed by atoms with E-state index in [4.69, 9.17) is 10.00 Å². The SMILES string of the molecule is N#Cc1ccc(N2CCOCC2C(=O)NC2CC2)c(Br)c1. The van der Waals surface area contributed by atoms with Crippen molar-refractivity contribution in [2.75, 3.05) is 24.7 Å². The molecule has 1 aromatic carbocycles. The molecule has 1 heterocycles. The molecule has 110 valence electrons. The third kappa shape index (κ3) is 3.20. The summed E-state index contributed by atoms with van der Waals surface area (Å²) < 4.78 is 6.30. The molecule has 1 aliphatic heterocycles. The maximum absolute atomic E-state index is 12.4. The summed E-state index contributed by atoms with van der Waals surface area (Å²) >= 11 is 3.50. The fourth-order valence-corrected chi connectivity index (χ4v) is 3.05. The first-order valence-corrected chi connectivity index (χ1v) is 7.83. The lowest BCUT2D eigenvalue weighted by Crippen LogP contribution is -2.54. The van der Waals surface area contributed by atoms with Crippen LogP contribution in [0.1, 0.15) is 18.4 Å². The number of hydrogen-bond donors (Lipinski definition) is 1. The quantitative estimate of drug-likeness (QED) is 0.903. The van der Waals surface area contributed by atoms with Crippen LogP contribution in [0.15, 0.2) is 22.7 Å². The van der Waals surface area contributed by atoms with E-state index in [1.807, 2.05) is 11.0 Å². The van der Waals surface area contributed by atoms with Crippen LogP contribution in [0, 0.1) is 11.3 Å². The number of amides is 1. The van der Waals surface area contributed by atoms with Crippen molar-refractivity contribution in [2.45, 2.75) is 24.9 Å². The Hall–Kier alpha value is -1.58. The number of carbonyl (C=O) groups is 1. The van der Waals surface area contributed by atoms with Crippen molar-refractivity contribution in [3.63, 3.8) is 0 Å². The highest BCUT2D eigenvalue weighted by atomic mass is 79.9. The van der Waals surface area contributed by atoms with Gasteiger partial charge in [-0.1, -0.05) is 0 Å². The van der Waals surface area contributed by atoms with E-state index in [0.717, 1.165) is 23.0 Å². The van der Waals surface area contributed by atoms with E-state index in [0.29, 0.717) is 31.4 Å². The third-order valence-electron chi connectivity index (χ3n) is 3.74. The highest BCUT2D eigenvalue weighted by Gasteiger charge is 2.33. The Labute approximate surface area is 132 Å². The van der Waals surface area contributed by atoms with Crippen LogP contribution in [0.2, 0.25) is 0 Å². The van der Waals surface area contributed by atoms with Gasteiger partial charge in [0.15, 0.2) is 0 Å². The van der Waals surface area contributed by atoms with Gasteiger partial charge in [-0.15, -0.1) is 0 Å². The number of nitrogens with zero attached hydrogens (tertiary/aromatic N) is 2. The summed E-state index contributed by atoms with van der Waals surface area (Å²) in [6, 6.07) is 7.56. The Kier molecular flexibility index (Phi) is 4.13. The van der Waals surface area contributed by atoms with Gasteiger partial charge in [-0.2, -0.15) is 5.26 Å². The lowest BCUT2D eigenvalue weighted by atomic mass is 10.1. The largest absolute Gasteiger partial charge is 0.377 e. The molecule has 0 spiro atoms. The summed E-state index contributed by atoms with van der Waals surface area (Å²) in [5.74, 6) is 0.0217. The summed E-state index contributed by atoms with van der Waals surface area (Å²) in [6.07, 6.45) is 2.14. The molecule has 1 N–H and O–H groups in total. The topological polar surface area (TPSA) is 65.4 Å². The van der Waals surface area contributed by atoms with E-state index < -0.39 is 0 Å². The molecule has 0 radical (unpaired) electrons. The standard InChI is InChI=1S/C15H16BrN3O2/c16-12-7-10(8-17)1-4-13(12)19-5-6-21-9-14(19)15(20)18-11-2-3-11/h1,4,7,11,14H,2-3,5-6,9H2,(H,18,20). The second kappa shape index (κ2) is 6.04. The molecular weight excluding hydrogens is 334 g/mol. The second-order valence-corrected chi connectivity index (χ2v) is 6.20. The molecule has 1 aliphatic carbocycles. The van der Waals surface area contributed by atoms with Gasteiger partial charge in [-0.25, -0.2) is 0 Å². The van der Waals surface area contributed by atoms with Gasteiger partial charge in [0.05, 0.1) is 30.5 Å². The van der Waals surface area contributed by atoms with Gasteiger partial charge in [0, 0.05) is 17.1 Å². The Morgan fingerprint density at radius 1 is 1.48 bits per heavy atom. The van der Waals surface area contributed by atoms with Gasteiger partial charge in [-0.05, 0) is 47.0 Å². The van der Waals surface area contributed by atoms with Crippen LogP contribution in [-0.4, -0.2) is 37.7 Å². The summed E-state index contributed by atoms with van der Waals surface area (Å²) in [4.78, 5) is 14.4. The van der Waals surface area contributed by atoms with Crippen molar-refractivity contribution < 1.29 is 9.53 Å². The van der Waals surface area contributed by atoms with E-state index in [1.54, 1.807) is 12.1 Å². The fourth-order valence-electron chi connectivity index (χ4n) is 2.44. The van der Waals surface area contributed by atoms with Gasteiger partial charge < -0.3 is 15.0 Å². The van der Waals surface area contributed by atoms with E-state index >= 15 is 0 Å². The van der Waals surface area contributed by atoms with Gasteiger partial charge in [0.2, 0.25) is 5.91 Å². The molecule has 0 bridgehead atoms. The minimum absolute atomic E-state index is 0.0217. The predicted molar refractivity (Wildman–Crippen MR) is 82.0 cm³/mol. The molecule has 1 atom stereocenters. The highest BCUT2D eigenvalue weighted by molar-refractivity contribution is 9.10. The molecule has 5 nitrogen and oxygen atoms in total. The average molecular weight is 350 g/mol. The number of ether oxygens (including phenoxy) is 1. The third-order valence-corrected chi connectivity index (χ3v) is 4.38. The van der Waals surface area contributed by atoms with Crippen molar-refractivity contribution in [1.29, 1.82) is 5.26 Å². The second-order valence-electron chi connectivity index (χ2n) is 5.34. The first kappa shape index (κ1) is 14.4. The van der Waals surface area contributed by atoms with Crippen LogP contribution >= 0.6 is 15.9 Å². The normalized spacial score (nSPS) is 21.7. The Balaban J connectivity index is 1.83. The van der Waals surface area contributed by atoms with Crippen molar-refractivity contribution in [3.8, 4) is 6.07 Å². The van der Waals surface area contributed by atoms with E-state index in [-0.39, 0.29) is 11.9 Å². The first-order chi connectivity index (χ1) is 10.2. The number of morpholine rings is 1. The zero-order valence-electron chi connectivity index (χ0n) is 11.5. The zero-order valence-corrected chi connectivity index (χ0v) is 13.1. The lowest BCUT2D eigenvalue weighted by Gasteiger charge is -2.37. The molecule has 21 heavy (non-hydrogen) atoms. The summed E-state index contributed by atoms with van der Waals surface area (Å²) in [5.41, 5.74) is 1.52. The Morgan fingerprint density at radius 3 is 2.95 bits per heavy atom. The summed E-state index contributed by atoms with van der Waals surface area (Å²) in [5, 5.41) is 12.0. The summed E-state index contributed by atoms with van der Waals surface area (Å²) in [7, 11) is 0. The average Bonchev–Trinajstić information content (AvgIpc) is 3.31. The molecule has 0 aromatic heterocycles. The van der Waals surface area contributed by atoms with E-state index in [1.165, 1.54) is 0 Å². The minimum atomic E-state index is -0.316. The molecule has 1 aromatic rings. The number of carbonyl (C=O) groups excluding carboxylic acids is 1. The number of hydrogen-bond acceptors (Lipinski definition) is 4. The van der Waals surface area contributed by atoms with Crippen LogP contribution < -0.4 is 10.2 Å². The van der Waals surface area contributed by atoms with Gasteiger partial charge in [0.25, 0.3) is 0 Å². The Bertz CT molecular complexity index is 595. The van der Waals surface area contributed by atoms with Gasteiger partial charge in [0.1, 0.15) is 6.04 Å². The highest BCUT2D eigenvalue weighted by Crippen LogP contribution is 2.30. The fraction of sp³-hybridized carbons (Fsp3) is 0.467. The molecule has 1 unspecified atom stereocenters. The maximum atomic E-state index is 12.4. The molecule has 2 aliphatic rings. The molecule has 1 amide bonds. The smallest absolute Gasteiger partial charge is 0.245 e. The number of anilines is 1. The number of benzene rings is 1. The van der Waals surface area contributed by atoms with Gasteiger partial charge in [-0.3, -0.25) is 4.79 Å².